The topological polar surface area (TPSA) is 65.5 Å². The minimum atomic E-state index is -0.663. The minimum Gasteiger partial charge on any atom is -0.360 e. The summed E-state index contributed by atoms with van der Waals surface area (Å²) in [7, 11) is 1.01. The van der Waals surface area contributed by atoms with Gasteiger partial charge in [-0.1, -0.05) is 65.2 Å². The molecule has 0 aliphatic carbocycles. The molecule has 2 heterocycles. The van der Waals surface area contributed by atoms with Crippen molar-refractivity contribution in [2.45, 2.75) is 19.8 Å². The second-order valence-corrected chi connectivity index (χ2v) is 17.2. The molecule has 244 valence electrons. The molecule has 0 aromatic heterocycles. The third-order valence-electron chi connectivity index (χ3n) is 7.01. The summed E-state index contributed by atoms with van der Waals surface area (Å²) in [6.07, 6.45) is 8.10. The number of hydrogen-bond donors (Lipinski definition) is 0. The first kappa shape index (κ1) is 36.4. The number of carbonyl (C=O) groups is 2. The predicted octanol–water partition coefficient (Wildman–Crippen LogP) is 7.31. The number of anilines is 1. The zero-order valence-electron chi connectivity index (χ0n) is 26.6. The number of ether oxygens (including phenoxy) is 1. The van der Waals surface area contributed by atoms with Crippen molar-refractivity contribution >= 4 is 56.6 Å². The lowest BCUT2D eigenvalue weighted by molar-refractivity contribution is -0.133. The Hall–Kier alpha value is -3.11. The molecule has 45 heavy (non-hydrogen) atoms. The molecule has 1 atom stereocenters. The SMILES string of the molecule is CN1N=C2CCC(C(=O)N(COCCS(C)(C)C)c3cccc(Cl)c3)CN2CC1=O.Cc1ccc(F)cc1.Clc1ccccc1. The molecular weight excluding hydrogens is 634 g/mol. The highest BCUT2D eigenvalue weighted by molar-refractivity contribution is 8.32. The molecule has 3 aromatic rings. The zero-order valence-corrected chi connectivity index (χ0v) is 28.9. The Kier molecular flexibility index (Phi) is 14.2. The Morgan fingerprint density at radius 3 is 2.27 bits per heavy atom. The van der Waals surface area contributed by atoms with Crippen molar-refractivity contribution in [3.05, 3.63) is 100 Å². The average molecular weight is 678 g/mol. The van der Waals surface area contributed by atoms with Gasteiger partial charge in [-0.25, -0.2) is 19.4 Å². The number of aryl methyl sites for hydroxylation is 1. The van der Waals surface area contributed by atoms with Crippen LogP contribution in [-0.2, 0) is 14.3 Å². The highest BCUT2D eigenvalue weighted by Crippen LogP contribution is 2.33. The molecule has 1 unspecified atom stereocenters. The maximum atomic E-state index is 13.5. The van der Waals surface area contributed by atoms with Crippen molar-refractivity contribution in [2.24, 2.45) is 11.0 Å². The van der Waals surface area contributed by atoms with E-state index in [9.17, 15) is 14.0 Å². The molecule has 5 rings (SSSR count). The number of piperidine rings is 1. The average Bonchev–Trinajstić information content (AvgIpc) is 2.99. The minimum absolute atomic E-state index is 0.00852. The zero-order chi connectivity index (χ0) is 33.0. The largest absolute Gasteiger partial charge is 0.360 e. The highest BCUT2D eigenvalue weighted by Gasteiger charge is 2.36. The van der Waals surface area contributed by atoms with E-state index in [-0.39, 0.29) is 36.8 Å². The summed E-state index contributed by atoms with van der Waals surface area (Å²) in [4.78, 5) is 29.1. The van der Waals surface area contributed by atoms with Gasteiger partial charge in [0.1, 0.15) is 24.9 Å². The Labute approximate surface area is 278 Å². The van der Waals surface area contributed by atoms with E-state index in [2.05, 4.69) is 23.9 Å². The lowest BCUT2D eigenvalue weighted by Gasteiger charge is -2.39. The molecule has 2 amide bonds. The quantitative estimate of drug-likeness (QED) is 0.194. The van der Waals surface area contributed by atoms with E-state index >= 15 is 0 Å². The van der Waals surface area contributed by atoms with Crippen LogP contribution in [0.25, 0.3) is 0 Å². The number of carbonyl (C=O) groups excluding carboxylic acids is 2. The number of halogens is 3. The van der Waals surface area contributed by atoms with Crippen molar-refractivity contribution in [1.29, 1.82) is 0 Å². The van der Waals surface area contributed by atoms with Crippen LogP contribution in [0.4, 0.5) is 10.1 Å². The molecule has 2 aliphatic heterocycles. The van der Waals surface area contributed by atoms with Gasteiger partial charge in [0.25, 0.3) is 5.91 Å². The van der Waals surface area contributed by atoms with E-state index in [1.807, 2.05) is 54.3 Å². The van der Waals surface area contributed by atoms with E-state index in [1.54, 1.807) is 36.2 Å². The lowest BCUT2D eigenvalue weighted by Crippen LogP contribution is -2.53. The van der Waals surface area contributed by atoms with Gasteiger partial charge < -0.3 is 9.64 Å². The molecule has 0 bridgehead atoms. The molecule has 0 spiro atoms. The van der Waals surface area contributed by atoms with Crippen molar-refractivity contribution in [2.75, 3.05) is 62.9 Å². The highest BCUT2D eigenvalue weighted by atomic mass is 35.5. The van der Waals surface area contributed by atoms with E-state index in [0.717, 1.165) is 27.9 Å². The molecule has 1 saturated heterocycles. The van der Waals surface area contributed by atoms with E-state index < -0.39 is 10.0 Å². The molecule has 0 radical (unpaired) electrons. The Morgan fingerprint density at radius 1 is 1.02 bits per heavy atom. The number of hydrazone groups is 1. The number of amidine groups is 1. The van der Waals surface area contributed by atoms with Crippen LogP contribution < -0.4 is 4.90 Å². The number of benzene rings is 3. The third kappa shape index (κ3) is 12.7. The summed E-state index contributed by atoms with van der Waals surface area (Å²) in [6, 6.07) is 23.1. The molecule has 2 aliphatic rings. The van der Waals surface area contributed by atoms with Gasteiger partial charge in [-0.15, -0.1) is 0 Å². The summed E-state index contributed by atoms with van der Waals surface area (Å²) < 4.78 is 18.0. The van der Waals surface area contributed by atoms with Crippen molar-refractivity contribution in [3.63, 3.8) is 0 Å². The number of likely N-dealkylation sites (N-methyl/N-ethyl adjacent to an activating group) is 1. The smallest absolute Gasteiger partial charge is 0.261 e. The first-order chi connectivity index (χ1) is 21.3. The molecule has 11 heteroatoms. The molecule has 0 N–H and O–H groups in total. The fourth-order valence-corrected chi connectivity index (χ4v) is 5.38. The molecule has 1 fully saturated rings. The summed E-state index contributed by atoms with van der Waals surface area (Å²) in [5.74, 6) is 1.39. The summed E-state index contributed by atoms with van der Waals surface area (Å²) in [6.45, 7) is 3.48. The van der Waals surface area contributed by atoms with Gasteiger partial charge in [0.05, 0.1) is 12.5 Å². The van der Waals surface area contributed by atoms with E-state index in [4.69, 9.17) is 27.9 Å². The van der Waals surface area contributed by atoms with Crippen molar-refractivity contribution in [3.8, 4) is 0 Å². The van der Waals surface area contributed by atoms with Gasteiger partial charge in [0.15, 0.2) is 0 Å². The predicted molar refractivity (Wildman–Crippen MR) is 187 cm³/mol. The van der Waals surface area contributed by atoms with Gasteiger partial charge in [0.2, 0.25) is 5.91 Å². The second kappa shape index (κ2) is 17.5. The lowest BCUT2D eigenvalue weighted by atomic mass is 9.95. The molecular formula is C34H43Cl2FN4O3S. The number of nitrogens with zero attached hydrogens (tertiary/aromatic N) is 4. The maximum Gasteiger partial charge on any atom is 0.261 e. The number of fused-ring (bicyclic) bond motifs is 1. The van der Waals surface area contributed by atoms with Crippen LogP contribution in [0.15, 0.2) is 84.0 Å². The van der Waals surface area contributed by atoms with Crippen LogP contribution in [0.5, 0.6) is 0 Å². The van der Waals surface area contributed by atoms with Crippen molar-refractivity contribution < 1.29 is 18.7 Å². The Morgan fingerprint density at radius 2 is 1.69 bits per heavy atom. The van der Waals surface area contributed by atoms with Crippen LogP contribution in [0.1, 0.15) is 18.4 Å². The maximum absolute atomic E-state index is 13.5. The summed E-state index contributed by atoms with van der Waals surface area (Å²) in [5, 5.41) is 7.10. The standard InChI is InChI=1S/C21H31ClN4O3S.C7H7F.C6H5Cl/c1-24-20(27)14-25-13-16(8-9-19(25)23-24)21(28)26(15-29-10-11-30(2,3)4)18-7-5-6-17(22)12-18;1-6-2-4-7(8)5-3-6;7-6-4-2-1-3-5-6/h5-7,12,16H,8-11,13-15H2,1-4H3;2-5H,1H3;1-5H. The van der Waals surface area contributed by atoms with Crippen molar-refractivity contribution in [1.82, 2.24) is 9.91 Å². The Bertz CT molecular complexity index is 1400. The van der Waals surface area contributed by atoms with Gasteiger partial charge in [0, 0.05) is 41.5 Å². The first-order valence-corrected chi connectivity index (χ1v) is 18.4. The van der Waals surface area contributed by atoms with Crippen LogP contribution in [-0.4, -0.2) is 85.6 Å². The van der Waals surface area contributed by atoms with Gasteiger partial charge in [-0.05, 0) is 74.6 Å². The van der Waals surface area contributed by atoms with Gasteiger partial charge >= 0.3 is 0 Å². The van der Waals surface area contributed by atoms with Crippen LogP contribution in [0.2, 0.25) is 10.0 Å². The number of hydrogen-bond acceptors (Lipinski definition) is 5. The molecule has 3 aromatic carbocycles. The fraction of sp³-hybridized carbons (Fsp3) is 0.382. The first-order valence-electron chi connectivity index (χ1n) is 14.6. The summed E-state index contributed by atoms with van der Waals surface area (Å²) >= 11 is 11.7. The van der Waals surface area contributed by atoms with Crippen LogP contribution >= 0.6 is 33.2 Å². The van der Waals surface area contributed by atoms with Crippen LogP contribution in [0.3, 0.4) is 0 Å². The molecule has 7 nitrogen and oxygen atoms in total. The Balaban J connectivity index is 0.000000298. The second-order valence-electron chi connectivity index (χ2n) is 11.7. The van der Waals surface area contributed by atoms with E-state index in [1.165, 1.54) is 17.1 Å². The fourth-order valence-electron chi connectivity index (χ4n) is 4.43. The van der Waals surface area contributed by atoms with Gasteiger partial charge in [-0.2, -0.15) is 5.10 Å². The van der Waals surface area contributed by atoms with Gasteiger partial charge in [-0.3, -0.25) is 14.5 Å². The number of amides is 2. The third-order valence-corrected chi connectivity index (χ3v) is 8.89. The monoisotopic (exact) mass is 676 g/mol. The van der Waals surface area contributed by atoms with E-state index in [0.29, 0.717) is 31.0 Å². The number of rotatable bonds is 7. The normalized spacial score (nSPS) is 16.3. The molecule has 0 saturated carbocycles. The summed E-state index contributed by atoms with van der Waals surface area (Å²) in [5.41, 5.74) is 1.82. The van der Waals surface area contributed by atoms with Crippen LogP contribution in [0, 0.1) is 18.7 Å².